The number of sulfonamides is 1. The minimum absolute atomic E-state index is 0.0355. The van der Waals surface area contributed by atoms with E-state index in [2.05, 4.69) is 43.9 Å². The fraction of sp³-hybridized carbons (Fsp3) is 0.720. The fourth-order valence-electron chi connectivity index (χ4n) is 4.97. The zero-order valence-corrected chi connectivity index (χ0v) is 21.8. The van der Waals surface area contributed by atoms with Gasteiger partial charge in [-0.15, -0.1) is 0 Å². The topological polar surface area (TPSA) is 79.4 Å². The summed E-state index contributed by atoms with van der Waals surface area (Å²) in [4.78, 5) is 16.5. The Kier molecular flexibility index (Phi) is 7.18. The average Bonchev–Trinajstić information content (AvgIpc) is 2.77. The highest BCUT2D eigenvalue weighted by atomic mass is 32.2. The van der Waals surface area contributed by atoms with Crippen molar-refractivity contribution in [1.82, 2.24) is 14.1 Å². The number of benzene rings is 1. The van der Waals surface area contributed by atoms with Gasteiger partial charge in [0.1, 0.15) is 11.4 Å². The summed E-state index contributed by atoms with van der Waals surface area (Å²) >= 11 is 0. The third-order valence-electron chi connectivity index (χ3n) is 7.07. The van der Waals surface area contributed by atoms with E-state index in [-0.39, 0.29) is 17.1 Å². The van der Waals surface area contributed by atoms with Gasteiger partial charge in [-0.1, -0.05) is 32.9 Å². The molecule has 1 aromatic carbocycles. The first-order chi connectivity index (χ1) is 15.9. The van der Waals surface area contributed by atoms with Crippen molar-refractivity contribution in [3.8, 4) is 5.75 Å². The van der Waals surface area contributed by atoms with Crippen molar-refractivity contribution < 1.29 is 22.7 Å². The maximum Gasteiger partial charge on any atom is 0.409 e. The summed E-state index contributed by atoms with van der Waals surface area (Å²) in [5, 5.41) is 0. The number of hydrogen-bond donors (Lipinski definition) is 0. The van der Waals surface area contributed by atoms with Gasteiger partial charge in [0.25, 0.3) is 0 Å². The van der Waals surface area contributed by atoms with Crippen molar-refractivity contribution in [1.29, 1.82) is 0 Å². The van der Waals surface area contributed by atoms with Gasteiger partial charge in [0.05, 0.1) is 12.9 Å². The molecular formula is C25H39N3O5S. The van der Waals surface area contributed by atoms with Crippen LogP contribution < -0.4 is 4.74 Å². The molecule has 0 N–H and O–H groups in total. The summed E-state index contributed by atoms with van der Waals surface area (Å²) in [6.45, 7) is 11.3. The van der Waals surface area contributed by atoms with Crippen LogP contribution in [0.15, 0.2) is 18.2 Å². The zero-order valence-electron chi connectivity index (χ0n) is 21.0. The number of piperidine rings is 1. The lowest BCUT2D eigenvalue weighted by Gasteiger charge is -2.44. The molecule has 0 radical (unpaired) electrons. The van der Waals surface area contributed by atoms with Crippen LogP contribution in [-0.4, -0.2) is 86.3 Å². The van der Waals surface area contributed by atoms with Crippen LogP contribution in [0.2, 0.25) is 0 Å². The second kappa shape index (κ2) is 9.66. The van der Waals surface area contributed by atoms with Crippen LogP contribution >= 0.6 is 0 Å². The molecule has 9 heteroatoms. The van der Waals surface area contributed by atoms with Crippen LogP contribution in [0.1, 0.15) is 51.2 Å². The maximum absolute atomic E-state index is 12.4. The van der Waals surface area contributed by atoms with E-state index in [9.17, 15) is 13.2 Å². The highest BCUT2D eigenvalue weighted by Crippen LogP contribution is 2.40. The molecule has 0 saturated carbocycles. The van der Waals surface area contributed by atoms with E-state index >= 15 is 0 Å². The number of hydrogen-bond acceptors (Lipinski definition) is 6. The molecule has 3 heterocycles. The Balaban J connectivity index is 1.29. The second-order valence-corrected chi connectivity index (χ2v) is 13.3. The third kappa shape index (κ3) is 6.23. The molecule has 2 saturated heterocycles. The SMILES string of the molecule is CC(C)(C)COC(=O)N1CCC2(CCc3cc(CN4CCN(S(C)(=O)=O)CC4)ccc3O2)CC1. The molecule has 3 aliphatic heterocycles. The first kappa shape index (κ1) is 25.3. The van der Waals surface area contributed by atoms with Crippen molar-refractivity contribution in [3.63, 3.8) is 0 Å². The minimum Gasteiger partial charge on any atom is -0.487 e. The van der Waals surface area contributed by atoms with Crippen LogP contribution in [0.5, 0.6) is 5.75 Å². The molecule has 0 bridgehead atoms. The van der Waals surface area contributed by atoms with Gasteiger partial charge < -0.3 is 14.4 Å². The molecule has 1 spiro atoms. The van der Waals surface area contributed by atoms with Gasteiger partial charge in [-0.2, -0.15) is 4.31 Å². The molecule has 0 aromatic heterocycles. The molecule has 0 atom stereocenters. The van der Waals surface area contributed by atoms with Gasteiger partial charge in [-0.25, -0.2) is 13.2 Å². The first-order valence-electron chi connectivity index (χ1n) is 12.3. The van der Waals surface area contributed by atoms with E-state index in [1.165, 1.54) is 17.4 Å². The van der Waals surface area contributed by atoms with Crippen LogP contribution in [0, 0.1) is 5.41 Å². The molecule has 1 aromatic rings. The lowest BCUT2D eigenvalue weighted by Crippen LogP contribution is -2.51. The quantitative estimate of drug-likeness (QED) is 0.641. The number of rotatable bonds is 4. The van der Waals surface area contributed by atoms with E-state index in [0.29, 0.717) is 32.8 Å². The molecule has 2 fully saturated rings. The normalized spacial score (nSPS) is 21.7. The number of piperazine rings is 1. The molecule has 3 aliphatic rings. The lowest BCUT2D eigenvalue weighted by molar-refractivity contribution is -0.0172. The van der Waals surface area contributed by atoms with Gasteiger partial charge in [0, 0.05) is 58.7 Å². The lowest BCUT2D eigenvalue weighted by atomic mass is 9.83. The van der Waals surface area contributed by atoms with Crippen LogP contribution in [-0.2, 0) is 27.7 Å². The van der Waals surface area contributed by atoms with Gasteiger partial charge in [-0.05, 0) is 35.4 Å². The summed E-state index contributed by atoms with van der Waals surface area (Å²) in [5.41, 5.74) is 2.25. The Hall–Kier alpha value is -1.84. The predicted molar refractivity (Wildman–Crippen MR) is 131 cm³/mol. The first-order valence-corrected chi connectivity index (χ1v) is 14.2. The number of carbonyl (C=O) groups is 1. The van der Waals surface area contributed by atoms with Crippen molar-refractivity contribution in [2.24, 2.45) is 5.41 Å². The number of fused-ring (bicyclic) bond motifs is 1. The van der Waals surface area contributed by atoms with Crippen LogP contribution in [0.25, 0.3) is 0 Å². The number of amides is 1. The molecule has 4 rings (SSSR count). The largest absolute Gasteiger partial charge is 0.487 e. The Morgan fingerprint density at radius 2 is 1.74 bits per heavy atom. The Morgan fingerprint density at radius 3 is 2.35 bits per heavy atom. The van der Waals surface area contributed by atoms with E-state index in [1.807, 2.05) is 4.90 Å². The molecular weight excluding hydrogens is 454 g/mol. The van der Waals surface area contributed by atoms with Gasteiger partial charge in [0.2, 0.25) is 10.0 Å². The van der Waals surface area contributed by atoms with E-state index in [4.69, 9.17) is 9.47 Å². The van der Waals surface area contributed by atoms with E-state index in [0.717, 1.165) is 51.1 Å². The monoisotopic (exact) mass is 493 g/mol. The number of carbonyl (C=O) groups excluding carboxylic acids is 1. The van der Waals surface area contributed by atoms with Crippen LogP contribution in [0.4, 0.5) is 4.79 Å². The molecule has 1 amide bonds. The molecule has 8 nitrogen and oxygen atoms in total. The van der Waals surface area contributed by atoms with Gasteiger partial charge >= 0.3 is 6.09 Å². The van der Waals surface area contributed by atoms with Crippen molar-refractivity contribution >= 4 is 16.1 Å². The van der Waals surface area contributed by atoms with E-state index < -0.39 is 10.0 Å². The molecule has 0 unspecified atom stereocenters. The summed E-state index contributed by atoms with van der Waals surface area (Å²) < 4.78 is 37.0. The number of ether oxygens (including phenoxy) is 2. The predicted octanol–water partition coefficient (Wildman–Crippen LogP) is 3.11. The number of aryl methyl sites for hydroxylation is 1. The molecule has 0 aliphatic carbocycles. The molecule has 34 heavy (non-hydrogen) atoms. The van der Waals surface area contributed by atoms with Crippen molar-refractivity contribution in [3.05, 3.63) is 29.3 Å². The Labute approximate surface area is 204 Å². The van der Waals surface area contributed by atoms with Crippen molar-refractivity contribution in [2.45, 2.75) is 58.6 Å². The highest BCUT2D eigenvalue weighted by Gasteiger charge is 2.41. The second-order valence-electron chi connectivity index (χ2n) is 11.3. The number of nitrogens with zero attached hydrogens (tertiary/aromatic N) is 3. The zero-order chi connectivity index (χ0) is 24.6. The Bertz CT molecular complexity index is 988. The maximum atomic E-state index is 12.4. The molecule has 190 valence electrons. The number of likely N-dealkylation sites (tertiary alicyclic amines) is 1. The highest BCUT2D eigenvalue weighted by molar-refractivity contribution is 7.88. The van der Waals surface area contributed by atoms with E-state index in [1.54, 1.807) is 4.31 Å². The van der Waals surface area contributed by atoms with Gasteiger partial charge in [-0.3, -0.25) is 4.90 Å². The fourth-order valence-corrected chi connectivity index (χ4v) is 5.80. The summed E-state index contributed by atoms with van der Waals surface area (Å²) in [5.74, 6) is 0.959. The summed E-state index contributed by atoms with van der Waals surface area (Å²) in [6, 6.07) is 6.45. The summed E-state index contributed by atoms with van der Waals surface area (Å²) in [6.07, 6.45) is 4.64. The minimum atomic E-state index is -3.10. The summed E-state index contributed by atoms with van der Waals surface area (Å²) in [7, 11) is -3.10. The smallest absolute Gasteiger partial charge is 0.409 e. The average molecular weight is 494 g/mol. The standard InChI is InChI=1S/C25H39N3O5S/c1-24(2,3)19-32-23(29)27-11-9-25(10-12-27)8-7-21-17-20(5-6-22(21)33-25)18-26-13-15-28(16-14-26)34(4,30)31/h5-6,17H,7-16,18-19H2,1-4H3. The Morgan fingerprint density at radius 1 is 1.06 bits per heavy atom. The van der Waals surface area contributed by atoms with Crippen LogP contribution in [0.3, 0.4) is 0 Å². The van der Waals surface area contributed by atoms with Crippen molar-refractivity contribution in [2.75, 3.05) is 52.1 Å². The van der Waals surface area contributed by atoms with Gasteiger partial charge in [0.15, 0.2) is 0 Å². The third-order valence-corrected chi connectivity index (χ3v) is 8.37.